The number of piperidine rings is 1. The number of hydrogen-bond acceptors (Lipinski definition) is 2. The topological polar surface area (TPSA) is 15.3 Å². The first-order chi connectivity index (χ1) is 9.42. The Labute approximate surface area is 121 Å². The summed E-state index contributed by atoms with van der Waals surface area (Å²) in [6, 6.07) is 10.4. The van der Waals surface area contributed by atoms with E-state index in [1.807, 2.05) is 25.1 Å². The third-order valence-corrected chi connectivity index (χ3v) is 5.23. The summed E-state index contributed by atoms with van der Waals surface area (Å²) in [7, 11) is 2.06. The van der Waals surface area contributed by atoms with Crippen molar-refractivity contribution >= 4 is 0 Å². The summed E-state index contributed by atoms with van der Waals surface area (Å²) >= 11 is 0. The van der Waals surface area contributed by atoms with Gasteiger partial charge in [0.15, 0.2) is 0 Å². The molecule has 2 bridgehead atoms. The van der Waals surface area contributed by atoms with Crippen LogP contribution >= 0.6 is 0 Å². The largest absolute Gasteiger partial charge is 0.303 e. The van der Waals surface area contributed by atoms with E-state index in [4.69, 9.17) is 0 Å². The second kappa shape index (κ2) is 4.81. The van der Waals surface area contributed by atoms with Crippen LogP contribution in [0.5, 0.6) is 0 Å². The zero-order valence-corrected chi connectivity index (χ0v) is 12.7. The number of rotatable bonds is 3. The highest BCUT2D eigenvalue weighted by molar-refractivity contribution is 5.17. The summed E-state index contributed by atoms with van der Waals surface area (Å²) in [5.74, 6) is 0. The molecule has 1 aromatic carbocycles. The van der Waals surface area contributed by atoms with Crippen LogP contribution in [0.25, 0.3) is 0 Å². The maximum atomic E-state index is 14.9. The standard InChI is InChI=1S/C17H25FN2/c1-16-9-10-17(2,19-16)15(18)14(11-16)20(3)12-13-7-5-4-6-8-13/h4-8,14-15,19H,9-12H2,1-3H3/t14-,15?,16-,17+/m1/s1. The van der Waals surface area contributed by atoms with Crippen LogP contribution in [-0.4, -0.2) is 35.2 Å². The summed E-state index contributed by atoms with van der Waals surface area (Å²) in [5.41, 5.74) is 1.01. The Morgan fingerprint density at radius 2 is 1.95 bits per heavy atom. The Bertz CT molecular complexity index is 477. The summed E-state index contributed by atoms with van der Waals surface area (Å²) in [6.07, 6.45) is 2.12. The lowest BCUT2D eigenvalue weighted by molar-refractivity contribution is 0.0139. The number of benzene rings is 1. The quantitative estimate of drug-likeness (QED) is 0.912. The molecule has 3 rings (SSSR count). The fourth-order valence-corrected chi connectivity index (χ4v) is 4.07. The summed E-state index contributed by atoms with van der Waals surface area (Å²) < 4.78 is 14.9. The van der Waals surface area contributed by atoms with Gasteiger partial charge in [-0.2, -0.15) is 0 Å². The average molecular weight is 276 g/mol. The molecular formula is C17H25FN2. The molecule has 0 aliphatic carbocycles. The minimum Gasteiger partial charge on any atom is -0.303 e. The molecule has 3 heteroatoms. The molecule has 4 atom stereocenters. The molecule has 20 heavy (non-hydrogen) atoms. The first kappa shape index (κ1) is 14.0. The van der Waals surface area contributed by atoms with Crippen molar-refractivity contribution in [2.75, 3.05) is 7.05 Å². The van der Waals surface area contributed by atoms with Gasteiger partial charge in [0.25, 0.3) is 0 Å². The van der Waals surface area contributed by atoms with Crippen molar-refractivity contribution in [1.29, 1.82) is 0 Å². The molecule has 110 valence electrons. The highest BCUT2D eigenvalue weighted by Gasteiger charge is 2.55. The van der Waals surface area contributed by atoms with Crippen LogP contribution in [0.3, 0.4) is 0 Å². The fourth-order valence-electron chi connectivity index (χ4n) is 4.07. The summed E-state index contributed by atoms with van der Waals surface area (Å²) in [5, 5.41) is 3.54. The lowest BCUT2D eigenvalue weighted by Gasteiger charge is -2.47. The molecule has 1 unspecified atom stereocenters. The molecule has 0 amide bonds. The van der Waals surface area contributed by atoms with E-state index in [0.717, 1.165) is 25.8 Å². The second-order valence-electron chi connectivity index (χ2n) is 7.18. The molecule has 2 nitrogen and oxygen atoms in total. The SMILES string of the molecule is CN(Cc1ccccc1)[C@@H]1C[C@@]2(C)CC[C@](C)(N2)C1F. The van der Waals surface area contributed by atoms with Crippen molar-refractivity contribution in [3.63, 3.8) is 0 Å². The number of fused-ring (bicyclic) bond motifs is 2. The second-order valence-corrected chi connectivity index (χ2v) is 7.18. The molecule has 1 N–H and O–H groups in total. The average Bonchev–Trinajstić information content (AvgIpc) is 2.69. The van der Waals surface area contributed by atoms with E-state index in [2.05, 4.69) is 36.3 Å². The minimum absolute atomic E-state index is 0.00829. The van der Waals surface area contributed by atoms with Crippen LogP contribution in [0.4, 0.5) is 4.39 Å². The molecular weight excluding hydrogens is 251 g/mol. The highest BCUT2D eigenvalue weighted by Crippen LogP contribution is 2.44. The lowest BCUT2D eigenvalue weighted by Crippen LogP contribution is -2.65. The van der Waals surface area contributed by atoms with Crippen molar-refractivity contribution in [2.45, 2.75) is 62.9 Å². The summed E-state index contributed by atoms with van der Waals surface area (Å²) in [6.45, 7) is 5.11. The molecule has 1 aromatic rings. The van der Waals surface area contributed by atoms with Crippen molar-refractivity contribution in [3.8, 4) is 0 Å². The molecule has 0 aromatic heterocycles. The van der Waals surface area contributed by atoms with Gasteiger partial charge in [-0.1, -0.05) is 30.3 Å². The van der Waals surface area contributed by atoms with Crippen molar-refractivity contribution in [2.24, 2.45) is 0 Å². The third kappa shape index (κ3) is 2.38. The predicted molar refractivity (Wildman–Crippen MR) is 80.4 cm³/mol. The van der Waals surface area contributed by atoms with Crippen molar-refractivity contribution in [1.82, 2.24) is 10.2 Å². The number of nitrogens with one attached hydrogen (secondary N) is 1. The Morgan fingerprint density at radius 1 is 1.25 bits per heavy atom. The van der Waals surface area contributed by atoms with Gasteiger partial charge in [-0.3, -0.25) is 4.90 Å². The van der Waals surface area contributed by atoms with E-state index >= 15 is 0 Å². The van der Waals surface area contributed by atoms with Gasteiger partial charge in [-0.05, 0) is 45.7 Å². The van der Waals surface area contributed by atoms with Gasteiger partial charge in [0.1, 0.15) is 6.17 Å². The maximum Gasteiger partial charge on any atom is 0.133 e. The van der Waals surface area contributed by atoms with Gasteiger partial charge in [-0.15, -0.1) is 0 Å². The molecule has 2 saturated heterocycles. The summed E-state index contributed by atoms with van der Waals surface area (Å²) in [4.78, 5) is 2.20. The van der Waals surface area contributed by atoms with E-state index in [9.17, 15) is 4.39 Å². The van der Waals surface area contributed by atoms with Crippen LogP contribution in [0.1, 0.15) is 38.7 Å². The predicted octanol–water partition coefficient (Wildman–Crippen LogP) is 3.13. The van der Waals surface area contributed by atoms with Crippen LogP contribution < -0.4 is 5.32 Å². The van der Waals surface area contributed by atoms with E-state index in [0.29, 0.717) is 0 Å². The number of halogens is 1. The van der Waals surface area contributed by atoms with Gasteiger partial charge in [0.2, 0.25) is 0 Å². The van der Waals surface area contributed by atoms with Gasteiger partial charge >= 0.3 is 0 Å². The zero-order valence-electron chi connectivity index (χ0n) is 12.7. The van der Waals surface area contributed by atoms with Gasteiger partial charge < -0.3 is 5.32 Å². The number of alkyl halides is 1. The Balaban J connectivity index is 1.76. The molecule has 2 aliphatic heterocycles. The molecule has 2 aliphatic rings. The van der Waals surface area contributed by atoms with Crippen LogP contribution in [-0.2, 0) is 6.54 Å². The maximum absolute atomic E-state index is 14.9. The van der Waals surface area contributed by atoms with Crippen LogP contribution in [0.2, 0.25) is 0 Å². The minimum atomic E-state index is -0.799. The third-order valence-electron chi connectivity index (χ3n) is 5.23. The van der Waals surface area contributed by atoms with Crippen LogP contribution in [0, 0.1) is 0 Å². The van der Waals surface area contributed by atoms with Gasteiger partial charge in [-0.25, -0.2) is 4.39 Å². The van der Waals surface area contributed by atoms with Gasteiger partial charge in [0, 0.05) is 23.7 Å². The van der Waals surface area contributed by atoms with E-state index in [1.165, 1.54) is 5.56 Å². The van der Waals surface area contributed by atoms with E-state index in [1.54, 1.807) is 0 Å². The van der Waals surface area contributed by atoms with E-state index in [-0.39, 0.29) is 17.1 Å². The normalized spacial score (nSPS) is 40.2. The molecule has 0 saturated carbocycles. The number of hydrogen-bond donors (Lipinski definition) is 1. The molecule has 0 radical (unpaired) electrons. The molecule has 2 heterocycles. The van der Waals surface area contributed by atoms with Crippen molar-refractivity contribution in [3.05, 3.63) is 35.9 Å². The highest BCUT2D eigenvalue weighted by atomic mass is 19.1. The van der Waals surface area contributed by atoms with E-state index < -0.39 is 6.17 Å². The van der Waals surface area contributed by atoms with Crippen LogP contribution in [0.15, 0.2) is 30.3 Å². The Morgan fingerprint density at radius 3 is 2.65 bits per heavy atom. The van der Waals surface area contributed by atoms with Crippen molar-refractivity contribution < 1.29 is 4.39 Å². The Kier molecular flexibility index (Phi) is 3.38. The fraction of sp³-hybridized carbons (Fsp3) is 0.647. The zero-order chi connectivity index (χ0) is 14.4. The smallest absolute Gasteiger partial charge is 0.133 e. The Hall–Kier alpha value is -0.930. The lowest BCUT2D eigenvalue weighted by atomic mass is 9.82. The van der Waals surface area contributed by atoms with Gasteiger partial charge in [0.05, 0.1) is 0 Å². The number of nitrogens with zero attached hydrogens (tertiary/aromatic N) is 1. The first-order valence-electron chi connectivity index (χ1n) is 7.60. The molecule has 0 spiro atoms. The monoisotopic (exact) mass is 276 g/mol. The molecule has 2 fully saturated rings. The first-order valence-corrected chi connectivity index (χ1v) is 7.60.